The van der Waals surface area contributed by atoms with Crippen molar-refractivity contribution in [3.8, 4) is 0 Å². The highest BCUT2D eigenvalue weighted by Crippen LogP contribution is 2.48. The predicted octanol–water partition coefficient (Wildman–Crippen LogP) is 4.81. The van der Waals surface area contributed by atoms with Crippen LogP contribution >= 0.6 is 0 Å². The Labute approximate surface area is 210 Å². The Kier molecular flexibility index (Phi) is 7.88. The van der Waals surface area contributed by atoms with Crippen molar-refractivity contribution in [3.05, 3.63) is 35.1 Å². The molecule has 1 spiro atoms. The SMILES string of the molecule is CC(OC(=O)N1CCC2(CC1)CN(Cc1cccc(CN3CCOCC3)c1F)C(C)(C)C2)C(F)(F)F. The van der Waals surface area contributed by atoms with Crippen LogP contribution in [0.25, 0.3) is 0 Å². The number of amides is 1. The Balaban J connectivity index is 1.37. The fourth-order valence-electron chi connectivity index (χ4n) is 5.85. The average Bonchev–Trinajstić information content (AvgIpc) is 3.05. The molecule has 202 valence electrons. The second kappa shape index (κ2) is 10.5. The molecule has 0 aliphatic carbocycles. The van der Waals surface area contributed by atoms with E-state index >= 15 is 4.39 Å². The van der Waals surface area contributed by atoms with Gasteiger partial charge in [0.25, 0.3) is 0 Å². The smallest absolute Gasteiger partial charge is 0.425 e. The number of ether oxygens (including phenoxy) is 2. The van der Waals surface area contributed by atoms with Crippen molar-refractivity contribution in [3.63, 3.8) is 0 Å². The topological polar surface area (TPSA) is 45.2 Å². The number of carbonyl (C=O) groups is 1. The third-order valence-corrected chi connectivity index (χ3v) is 8.03. The van der Waals surface area contributed by atoms with Gasteiger partial charge in [0.2, 0.25) is 0 Å². The summed E-state index contributed by atoms with van der Waals surface area (Å²) in [4.78, 5) is 18.1. The molecule has 1 aromatic rings. The Morgan fingerprint density at radius 3 is 2.31 bits per heavy atom. The van der Waals surface area contributed by atoms with E-state index in [9.17, 15) is 18.0 Å². The molecule has 0 N–H and O–H groups in total. The van der Waals surface area contributed by atoms with Crippen molar-refractivity contribution in [2.45, 2.75) is 70.9 Å². The summed E-state index contributed by atoms with van der Waals surface area (Å²) in [6.07, 6.45) is -5.36. The summed E-state index contributed by atoms with van der Waals surface area (Å²) in [5.74, 6) is -0.155. The number of carbonyl (C=O) groups excluding carboxylic acids is 1. The number of alkyl halides is 3. The molecule has 3 fully saturated rings. The number of hydrogen-bond donors (Lipinski definition) is 0. The fourth-order valence-corrected chi connectivity index (χ4v) is 5.85. The van der Waals surface area contributed by atoms with Gasteiger partial charge in [-0.05, 0) is 45.4 Å². The predicted molar refractivity (Wildman–Crippen MR) is 127 cm³/mol. The molecule has 3 heterocycles. The molecule has 1 aromatic carbocycles. The number of morpholine rings is 1. The van der Waals surface area contributed by atoms with E-state index in [4.69, 9.17) is 4.74 Å². The largest absolute Gasteiger partial charge is 0.437 e. The van der Waals surface area contributed by atoms with E-state index in [1.807, 2.05) is 18.2 Å². The number of hydrogen-bond acceptors (Lipinski definition) is 5. The molecular formula is C26H37F4N3O3. The molecule has 3 saturated heterocycles. The molecule has 4 rings (SSSR count). The van der Waals surface area contributed by atoms with E-state index < -0.39 is 18.4 Å². The van der Waals surface area contributed by atoms with Crippen LogP contribution in [0.1, 0.15) is 51.2 Å². The molecule has 1 unspecified atom stereocenters. The average molecular weight is 516 g/mol. The van der Waals surface area contributed by atoms with Crippen molar-refractivity contribution in [2.24, 2.45) is 5.41 Å². The third kappa shape index (κ3) is 6.14. The summed E-state index contributed by atoms with van der Waals surface area (Å²) in [6.45, 7) is 10.6. The lowest BCUT2D eigenvalue weighted by Gasteiger charge is -2.39. The molecule has 6 nitrogen and oxygen atoms in total. The van der Waals surface area contributed by atoms with Crippen molar-refractivity contribution in [1.29, 1.82) is 0 Å². The Bertz CT molecular complexity index is 925. The first-order valence-corrected chi connectivity index (χ1v) is 12.7. The fraction of sp³-hybridized carbons (Fsp3) is 0.731. The molecule has 3 aliphatic heterocycles. The van der Waals surface area contributed by atoms with Crippen LogP contribution < -0.4 is 0 Å². The van der Waals surface area contributed by atoms with Gasteiger partial charge in [0.1, 0.15) is 5.82 Å². The van der Waals surface area contributed by atoms with Gasteiger partial charge >= 0.3 is 12.3 Å². The molecule has 0 aromatic heterocycles. The zero-order chi connectivity index (χ0) is 26.1. The zero-order valence-electron chi connectivity index (χ0n) is 21.4. The monoisotopic (exact) mass is 515 g/mol. The highest BCUT2D eigenvalue weighted by Gasteiger charge is 2.50. The lowest BCUT2D eigenvalue weighted by atomic mass is 9.74. The van der Waals surface area contributed by atoms with Gasteiger partial charge in [-0.15, -0.1) is 0 Å². The van der Waals surface area contributed by atoms with Gasteiger partial charge in [-0.1, -0.05) is 18.2 Å². The third-order valence-electron chi connectivity index (χ3n) is 8.03. The van der Waals surface area contributed by atoms with Gasteiger partial charge in [0, 0.05) is 62.5 Å². The minimum Gasteiger partial charge on any atom is -0.437 e. The lowest BCUT2D eigenvalue weighted by Crippen LogP contribution is -2.46. The Morgan fingerprint density at radius 1 is 1.08 bits per heavy atom. The van der Waals surface area contributed by atoms with Crippen molar-refractivity contribution in [1.82, 2.24) is 14.7 Å². The van der Waals surface area contributed by atoms with Crippen LogP contribution in [0.5, 0.6) is 0 Å². The number of halogens is 4. The summed E-state index contributed by atoms with van der Waals surface area (Å²) in [5, 5.41) is 0. The van der Waals surface area contributed by atoms with E-state index in [1.54, 1.807) is 0 Å². The van der Waals surface area contributed by atoms with Crippen LogP contribution in [0.2, 0.25) is 0 Å². The maximum Gasteiger partial charge on any atom is 0.425 e. The minimum absolute atomic E-state index is 0.0577. The van der Waals surface area contributed by atoms with Gasteiger partial charge in [0.15, 0.2) is 6.10 Å². The molecule has 0 radical (unpaired) electrons. The second-order valence-electron chi connectivity index (χ2n) is 11.2. The summed E-state index contributed by atoms with van der Waals surface area (Å²) in [6, 6.07) is 5.61. The van der Waals surface area contributed by atoms with Crippen molar-refractivity contribution >= 4 is 6.09 Å². The van der Waals surface area contributed by atoms with Gasteiger partial charge in [-0.2, -0.15) is 13.2 Å². The van der Waals surface area contributed by atoms with E-state index in [1.165, 1.54) is 4.90 Å². The Morgan fingerprint density at radius 2 is 1.69 bits per heavy atom. The first-order chi connectivity index (χ1) is 16.9. The molecule has 0 bridgehead atoms. The van der Waals surface area contributed by atoms with Gasteiger partial charge in [0.05, 0.1) is 13.2 Å². The van der Waals surface area contributed by atoms with E-state index in [0.717, 1.165) is 33.0 Å². The van der Waals surface area contributed by atoms with Crippen molar-refractivity contribution < 1.29 is 31.8 Å². The van der Waals surface area contributed by atoms with E-state index in [-0.39, 0.29) is 16.8 Å². The van der Waals surface area contributed by atoms with Gasteiger partial charge in [-0.25, -0.2) is 9.18 Å². The summed E-state index contributed by atoms with van der Waals surface area (Å²) < 4.78 is 63.8. The maximum absolute atomic E-state index is 15.5. The number of rotatable bonds is 5. The molecule has 0 saturated carbocycles. The van der Waals surface area contributed by atoms with E-state index in [0.29, 0.717) is 63.4 Å². The number of piperidine rings is 1. The molecule has 1 atom stereocenters. The van der Waals surface area contributed by atoms with Crippen LogP contribution in [0.4, 0.5) is 22.4 Å². The molecule has 3 aliphatic rings. The summed E-state index contributed by atoms with van der Waals surface area (Å²) >= 11 is 0. The molecular weight excluding hydrogens is 478 g/mol. The standard InChI is InChI=1S/C26H37F4N3O3/c1-19(26(28,29)30)36-23(34)32-9-7-25(8-10-32)17-24(2,3)33(18-25)16-21-6-4-5-20(22(21)27)15-31-11-13-35-14-12-31/h4-6,19H,7-18H2,1-3H3. The quantitative estimate of drug-likeness (QED) is 0.527. The Hall–Kier alpha value is -1.91. The van der Waals surface area contributed by atoms with Crippen LogP contribution in [0.3, 0.4) is 0 Å². The van der Waals surface area contributed by atoms with Crippen molar-refractivity contribution in [2.75, 3.05) is 45.9 Å². The lowest BCUT2D eigenvalue weighted by molar-refractivity contribution is -0.200. The van der Waals surface area contributed by atoms with E-state index in [2.05, 4.69) is 28.4 Å². The summed E-state index contributed by atoms with van der Waals surface area (Å²) in [5.41, 5.74) is 1.15. The normalized spacial score (nSPS) is 23.7. The molecule has 36 heavy (non-hydrogen) atoms. The second-order valence-corrected chi connectivity index (χ2v) is 11.2. The highest BCUT2D eigenvalue weighted by atomic mass is 19.4. The van der Waals surface area contributed by atoms with Gasteiger partial charge < -0.3 is 14.4 Å². The maximum atomic E-state index is 15.5. The van der Waals surface area contributed by atoms with Crippen LogP contribution in [0, 0.1) is 11.2 Å². The number of likely N-dealkylation sites (tertiary alicyclic amines) is 2. The molecule has 10 heteroatoms. The first-order valence-electron chi connectivity index (χ1n) is 12.7. The highest BCUT2D eigenvalue weighted by molar-refractivity contribution is 5.68. The number of benzene rings is 1. The minimum atomic E-state index is -4.57. The van der Waals surface area contributed by atoms with Crippen LogP contribution in [-0.2, 0) is 22.6 Å². The van der Waals surface area contributed by atoms with Crippen LogP contribution in [-0.4, -0.2) is 84.5 Å². The molecule has 1 amide bonds. The zero-order valence-corrected chi connectivity index (χ0v) is 21.4. The first kappa shape index (κ1) is 27.1. The van der Waals surface area contributed by atoms with Gasteiger partial charge in [-0.3, -0.25) is 9.80 Å². The summed E-state index contributed by atoms with van der Waals surface area (Å²) in [7, 11) is 0. The number of nitrogens with zero attached hydrogens (tertiary/aromatic N) is 3. The van der Waals surface area contributed by atoms with Crippen LogP contribution in [0.15, 0.2) is 18.2 Å².